The Bertz CT molecular complexity index is 4470. The van der Waals surface area contributed by atoms with Gasteiger partial charge in [-0.1, -0.05) is 49.4 Å². The number of aryl methyl sites for hydroxylation is 1. The van der Waals surface area contributed by atoms with Crippen molar-refractivity contribution in [2.45, 2.75) is 120 Å². The second kappa shape index (κ2) is 29.9. The molecule has 5 amide bonds. The lowest BCUT2D eigenvalue weighted by Crippen LogP contribution is -2.50. The number of aromatic nitrogens is 7. The number of benzene rings is 2. The zero-order valence-corrected chi connectivity index (χ0v) is 57.3. The first kappa shape index (κ1) is 68.8. The Hall–Kier alpha value is -9.15. The van der Waals surface area contributed by atoms with Crippen molar-refractivity contribution >= 4 is 121 Å². The van der Waals surface area contributed by atoms with Gasteiger partial charge >= 0.3 is 18.0 Å². The molecular weight excluding hydrogens is 1380 g/mol. The van der Waals surface area contributed by atoms with Gasteiger partial charge in [-0.05, 0) is 80.8 Å². The van der Waals surface area contributed by atoms with Gasteiger partial charge in [0.2, 0.25) is 11.8 Å². The largest absolute Gasteiger partial charge is 0.508 e. The van der Waals surface area contributed by atoms with Gasteiger partial charge in [-0.3, -0.25) is 38.5 Å². The van der Waals surface area contributed by atoms with Gasteiger partial charge in [0, 0.05) is 81.5 Å². The molecule has 7 aromatic heterocycles. The first-order chi connectivity index (χ1) is 47.1. The molecule has 12 rings (SSSR count). The molecule has 0 unspecified atom stereocenters. The average Bonchev–Trinajstić information content (AvgIpc) is 1.61. The Kier molecular flexibility index (Phi) is 21.0. The smallest absolute Gasteiger partial charge is 0.415 e. The summed E-state index contributed by atoms with van der Waals surface area (Å²) < 4.78 is 5.93. The number of nitrogens with two attached hydrogens (primary N) is 1. The number of rotatable bonds is 15. The number of nitrogens with zero attached hydrogens (tertiary/aromatic N) is 9. The number of carbonyl (C=O) groups excluding carboxylic acids is 6. The maximum Gasteiger partial charge on any atom is 0.415 e. The van der Waals surface area contributed by atoms with Crippen LogP contribution in [0.5, 0.6) is 5.75 Å². The van der Waals surface area contributed by atoms with Crippen LogP contribution in [0.2, 0.25) is 0 Å². The van der Waals surface area contributed by atoms with Crippen molar-refractivity contribution in [3.05, 3.63) is 142 Å². The quantitative estimate of drug-likeness (QED) is 0.0442. The number of aliphatic hydroxyl groups excluding tert-OH is 2. The molecule has 10 bridgehead atoms. The lowest BCUT2D eigenvalue weighted by Gasteiger charge is -2.29. The van der Waals surface area contributed by atoms with Crippen LogP contribution in [-0.2, 0) is 30.3 Å². The SMILES string of the molecule is Cc1sc2nc1C(=O)C[C@@H]([C@H](O)c1ccccc1)c1nc(cs1)C(=O)N[C@@H](Cc1ccc(O)cc1)C(=O)N1C[C@H](O)[C@H](C)[C@H]1c1nc(cs1)-c1nc(cs1)-c1nc(-c3nc(N(CCCCC(=O)O)C(=O)OC4CCC(C(=O)O)CC4)cs3)ccc1-c1nc(cs1)C(=O)N[C@H]2CC(N)=O. The first-order valence-corrected chi connectivity index (χ1v) is 36.5. The summed E-state index contributed by atoms with van der Waals surface area (Å²) in [5, 5.41) is 68.8. The second-order valence-corrected chi connectivity index (χ2v) is 29.6. The number of anilines is 1. The summed E-state index contributed by atoms with van der Waals surface area (Å²) in [6, 6.07) is 15.1. The van der Waals surface area contributed by atoms with Crippen LogP contribution in [0.25, 0.3) is 43.4 Å². The van der Waals surface area contributed by atoms with Gasteiger partial charge in [0.1, 0.15) is 82.9 Å². The molecule has 2 aromatic carbocycles. The van der Waals surface area contributed by atoms with E-state index in [4.69, 9.17) is 45.4 Å². The minimum atomic E-state index is -1.32. The lowest BCUT2D eigenvalue weighted by molar-refractivity contribution is -0.143. The Labute approximate surface area is 583 Å². The topological polar surface area (TPSA) is 394 Å². The molecule has 0 radical (unpaired) electrons. The fraction of sp³-hybridized carbons (Fsp3) is 0.348. The Morgan fingerprint density at radius 3 is 2.09 bits per heavy atom. The highest BCUT2D eigenvalue weighted by atomic mass is 32.1. The molecule has 7 atom stereocenters. The number of thiazole rings is 6. The van der Waals surface area contributed by atoms with Crippen LogP contribution < -0.4 is 21.3 Å². The molecule has 508 valence electrons. The summed E-state index contributed by atoms with van der Waals surface area (Å²) in [6.07, 6.45) is -2.59. The number of Topliss-reactive ketones (excluding diaryl/α,β-unsaturated/α-hetero) is 1. The number of phenols is 1. The van der Waals surface area contributed by atoms with Crippen LogP contribution >= 0.6 is 68.0 Å². The molecule has 32 heteroatoms. The lowest BCUT2D eigenvalue weighted by atomic mass is 9.87. The van der Waals surface area contributed by atoms with Gasteiger partial charge < -0.3 is 51.5 Å². The van der Waals surface area contributed by atoms with Gasteiger partial charge in [-0.2, -0.15) is 0 Å². The maximum absolute atomic E-state index is 15.3. The Morgan fingerprint density at radius 1 is 0.704 bits per heavy atom. The number of carboxylic acids is 2. The number of pyridine rings is 1. The Balaban J connectivity index is 0.929. The van der Waals surface area contributed by atoms with Crippen LogP contribution in [0.4, 0.5) is 10.6 Å². The van der Waals surface area contributed by atoms with Crippen molar-refractivity contribution in [2.75, 3.05) is 18.0 Å². The number of fused-ring (bicyclic) bond motifs is 16. The summed E-state index contributed by atoms with van der Waals surface area (Å²) in [7, 11) is 0. The van der Waals surface area contributed by atoms with Crippen LogP contribution in [0.3, 0.4) is 0 Å². The Morgan fingerprint density at radius 2 is 1.36 bits per heavy atom. The highest BCUT2D eigenvalue weighted by Gasteiger charge is 2.46. The molecule has 9 aromatic rings. The fourth-order valence-electron chi connectivity index (χ4n) is 12.1. The van der Waals surface area contributed by atoms with Crippen molar-refractivity contribution in [3.63, 3.8) is 0 Å². The number of aliphatic carboxylic acids is 2. The number of carboxylic acid groups (broad SMARTS) is 2. The normalized spacial score (nSPS) is 21.0. The molecule has 9 N–H and O–H groups in total. The number of unbranched alkanes of at least 4 members (excludes halogenated alkanes) is 1. The third kappa shape index (κ3) is 15.4. The van der Waals surface area contributed by atoms with E-state index >= 15 is 4.79 Å². The minimum absolute atomic E-state index is 0.00118. The van der Waals surface area contributed by atoms with Crippen molar-refractivity contribution in [2.24, 2.45) is 17.6 Å². The van der Waals surface area contributed by atoms with Crippen LogP contribution in [0, 0.1) is 18.8 Å². The molecule has 1 saturated heterocycles. The molecule has 1 saturated carbocycles. The number of aliphatic hydroxyl groups is 2. The highest BCUT2D eigenvalue weighted by Crippen LogP contribution is 2.44. The van der Waals surface area contributed by atoms with E-state index in [0.717, 1.165) is 34.0 Å². The van der Waals surface area contributed by atoms with Crippen LogP contribution in [0.15, 0.2) is 93.6 Å². The number of primary amides is 1. The predicted molar refractivity (Wildman–Crippen MR) is 366 cm³/mol. The van der Waals surface area contributed by atoms with E-state index in [1.165, 1.54) is 66.7 Å². The molecule has 1 aliphatic carbocycles. The third-order valence-electron chi connectivity index (χ3n) is 17.3. The third-order valence-corrected chi connectivity index (χ3v) is 22.9. The van der Waals surface area contributed by atoms with Crippen molar-refractivity contribution < 1.29 is 68.6 Å². The monoisotopic (exact) mass is 1440 g/mol. The van der Waals surface area contributed by atoms with E-state index in [1.807, 2.05) is 0 Å². The van der Waals surface area contributed by atoms with Crippen molar-refractivity contribution in [3.8, 4) is 49.1 Å². The number of ketones is 1. The number of amides is 5. The van der Waals surface area contributed by atoms with E-state index in [-0.39, 0.29) is 77.4 Å². The molecule has 2 fully saturated rings. The number of carbonyl (C=O) groups is 8. The van der Waals surface area contributed by atoms with Crippen molar-refractivity contribution in [1.82, 2.24) is 50.4 Å². The molecule has 3 aliphatic rings. The van der Waals surface area contributed by atoms with Gasteiger partial charge in [-0.15, -0.1) is 68.0 Å². The molecule has 9 heterocycles. The molecule has 2 aliphatic heterocycles. The molecular formula is C66H64N12O14S6. The van der Waals surface area contributed by atoms with E-state index in [9.17, 15) is 59.1 Å². The van der Waals surface area contributed by atoms with Gasteiger partial charge in [0.05, 0.1) is 47.3 Å². The maximum atomic E-state index is 15.3. The van der Waals surface area contributed by atoms with E-state index in [0.29, 0.717) is 96.5 Å². The number of phenolic OH excluding ortho intramolecular Hbond substituents is 1. The standard InChI is InChI=1S/C66H64N12O14S6/c1-31-48(81)25-78-54(31)63-74-46(29-96-63)61-71-43(26-95-61)53-38(19-20-40(68-53)60-75-50(30-97-60)77(21-7-6-10-51(83)84)66(91)92-37-17-13-35(14-18-37)65(89)90)58-72-44(27-93-58)56(86)69-41(24-49(67)82)62-76-52(32(2)98-62)47(80)23-39(55(85)34-8-4-3-5-9-34)59-73-45(28-94-59)57(87)70-42(64(78)88)22-33-11-15-36(79)16-12-33/h3-5,8-9,11-12,15-16,19-20,26-31,35,37,39,41-42,48,54-55,79,81,85H,6-7,10,13-14,17-18,21-25H2,1-2H3,(H2,67,82)(H,69,86)(H,70,87)(H,83,84)(H,89,90)/t31-,35?,37?,39-,41-,42-,48-,54-,55+/m0/s1. The van der Waals surface area contributed by atoms with Crippen LogP contribution in [0.1, 0.15) is 151 Å². The molecule has 26 nitrogen and oxygen atoms in total. The zero-order valence-electron chi connectivity index (χ0n) is 52.4. The first-order valence-electron chi connectivity index (χ1n) is 31.3. The van der Waals surface area contributed by atoms with Crippen LogP contribution in [-0.4, -0.2) is 144 Å². The molecule has 98 heavy (non-hydrogen) atoms. The highest BCUT2D eigenvalue weighted by molar-refractivity contribution is 7.15. The minimum Gasteiger partial charge on any atom is -0.508 e. The number of hydrogen-bond acceptors (Lipinski definition) is 25. The average molecular weight is 1440 g/mol. The molecule has 0 spiro atoms. The van der Waals surface area contributed by atoms with E-state index in [2.05, 4.69) is 10.6 Å². The summed E-state index contributed by atoms with van der Waals surface area (Å²) in [5.41, 5.74) is 8.55. The van der Waals surface area contributed by atoms with E-state index in [1.54, 1.807) is 84.6 Å². The van der Waals surface area contributed by atoms with Gasteiger partial charge in [0.25, 0.3) is 11.8 Å². The number of nitrogens with one attached hydrogen (secondary N) is 2. The summed E-state index contributed by atoms with van der Waals surface area (Å²) in [4.78, 5) is 147. The predicted octanol–water partition coefficient (Wildman–Crippen LogP) is 10.0. The number of hydrogen-bond donors (Lipinski definition) is 8. The summed E-state index contributed by atoms with van der Waals surface area (Å²) >= 11 is 6.89. The zero-order chi connectivity index (χ0) is 69.1. The second-order valence-electron chi connectivity index (χ2n) is 24.0. The number of ether oxygens (including phenoxy) is 1. The van der Waals surface area contributed by atoms with Crippen molar-refractivity contribution in [1.29, 1.82) is 0 Å². The van der Waals surface area contributed by atoms with Gasteiger partial charge in [0.15, 0.2) is 5.78 Å². The van der Waals surface area contributed by atoms with Gasteiger partial charge in [-0.25, -0.2) is 39.7 Å². The van der Waals surface area contributed by atoms with E-state index < -0.39 is 108 Å². The summed E-state index contributed by atoms with van der Waals surface area (Å²) in [6.45, 7) is 3.42. The fourth-order valence-corrected chi connectivity index (χ4v) is 17.4. The number of aromatic hydroxyl groups is 1. The summed E-state index contributed by atoms with van der Waals surface area (Å²) in [5.74, 6) is -7.11.